The zero-order valence-corrected chi connectivity index (χ0v) is 14.5. The summed E-state index contributed by atoms with van der Waals surface area (Å²) in [7, 11) is 0. The summed E-state index contributed by atoms with van der Waals surface area (Å²) in [4.78, 5) is 11.3. The predicted octanol–water partition coefficient (Wildman–Crippen LogP) is 2.24. The number of anilines is 2. The van der Waals surface area contributed by atoms with Crippen molar-refractivity contribution in [2.45, 2.75) is 45.1 Å². The zero-order chi connectivity index (χ0) is 16.1. The lowest BCUT2D eigenvalue weighted by Gasteiger charge is -2.28. The molecule has 1 aromatic rings. The second-order valence-electron chi connectivity index (χ2n) is 6.22. The fourth-order valence-electron chi connectivity index (χ4n) is 3.13. The van der Waals surface area contributed by atoms with Gasteiger partial charge in [0.25, 0.3) is 0 Å². The van der Waals surface area contributed by atoms with Crippen LogP contribution >= 0.6 is 12.2 Å². The number of hydrogen-bond acceptors (Lipinski definition) is 5. The van der Waals surface area contributed by atoms with E-state index in [-0.39, 0.29) is 0 Å². The first kappa shape index (κ1) is 16.4. The van der Waals surface area contributed by atoms with Crippen LogP contribution in [0.4, 0.5) is 11.8 Å². The van der Waals surface area contributed by atoms with Gasteiger partial charge < -0.3 is 20.3 Å². The second-order valence-corrected chi connectivity index (χ2v) is 6.63. The van der Waals surface area contributed by atoms with Crippen LogP contribution in [0.1, 0.15) is 37.8 Å². The minimum Gasteiger partial charge on any atom is -0.378 e. The van der Waals surface area contributed by atoms with Crippen LogP contribution in [-0.4, -0.2) is 47.4 Å². The van der Waals surface area contributed by atoms with Crippen LogP contribution in [0.3, 0.4) is 0 Å². The van der Waals surface area contributed by atoms with E-state index in [9.17, 15) is 0 Å². The van der Waals surface area contributed by atoms with E-state index in [2.05, 4.69) is 25.5 Å². The number of hydrogen-bond donors (Lipinski definition) is 2. The van der Waals surface area contributed by atoms with Crippen molar-refractivity contribution in [2.24, 2.45) is 0 Å². The van der Waals surface area contributed by atoms with E-state index in [1.54, 1.807) is 0 Å². The van der Waals surface area contributed by atoms with Crippen molar-refractivity contribution in [3.8, 4) is 0 Å². The summed E-state index contributed by atoms with van der Waals surface area (Å²) in [6.45, 7) is 5.19. The number of nitrogens with one attached hydrogen (secondary N) is 2. The molecule has 3 rings (SSSR count). The quantitative estimate of drug-likeness (QED) is 0.821. The molecule has 0 atom stereocenters. The van der Waals surface area contributed by atoms with E-state index in [0.29, 0.717) is 17.1 Å². The van der Waals surface area contributed by atoms with Gasteiger partial charge in [0.15, 0.2) is 5.11 Å². The summed E-state index contributed by atoms with van der Waals surface area (Å²) in [5.74, 6) is 1.50. The molecule has 6 nitrogen and oxygen atoms in total. The third kappa shape index (κ3) is 4.75. The van der Waals surface area contributed by atoms with Crippen LogP contribution in [0.2, 0.25) is 0 Å². The molecule has 2 fully saturated rings. The molecule has 23 heavy (non-hydrogen) atoms. The fourth-order valence-corrected chi connectivity index (χ4v) is 3.39. The predicted molar refractivity (Wildman–Crippen MR) is 96.0 cm³/mol. The van der Waals surface area contributed by atoms with Gasteiger partial charge in [0.1, 0.15) is 5.82 Å². The van der Waals surface area contributed by atoms with Gasteiger partial charge in [-0.1, -0.05) is 19.3 Å². The summed E-state index contributed by atoms with van der Waals surface area (Å²) in [6, 6.07) is 2.49. The maximum Gasteiger partial charge on any atom is 0.231 e. The molecule has 0 amide bonds. The first-order valence-electron chi connectivity index (χ1n) is 8.46. The highest BCUT2D eigenvalue weighted by molar-refractivity contribution is 7.80. The number of ether oxygens (including phenoxy) is 1. The lowest BCUT2D eigenvalue weighted by molar-refractivity contribution is 0.122. The first-order valence-corrected chi connectivity index (χ1v) is 8.87. The highest BCUT2D eigenvalue weighted by Gasteiger charge is 2.16. The Morgan fingerprint density at radius 2 is 1.96 bits per heavy atom. The Kier molecular flexibility index (Phi) is 5.61. The summed E-state index contributed by atoms with van der Waals surface area (Å²) in [6.07, 6.45) is 6.28. The van der Waals surface area contributed by atoms with Crippen LogP contribution in [0, 0.1) is 6.92 Å². The number of thiocarbonyl (C=S) groups is 1. The van der Waals surface area contributed by atoms with E-state index in [0.717, 1.165) is 37.8 Å². The normalized spacial score (nSPS) is 19.4. The largest absolute Gasteiger partial charge is 0.378 e. The molecule has 0 unspecified atom stereocenters. The lowest BCUT2D eigenvalue weighted by atomic mass is 9.96. The van der Waals surface area contributed by atoms with Gasteiger partial charge in [0.2, 0.25) is 5.95 Å². The van der Waals surface area contributed by atoms with Gasteiger partial charge in [-0.15, -0.1) is 0 Å². The molecular weight excluding hydrogens is 310 g/mol. The molecule has 1 aromatic heterocycles. The van der Waals surface area contributed by atoms with Crippen molar-refractivity contribution in [1.82, 2.24) is 15.3 Å². The van der Waals surface area contributed by atoms with Crippen LogP contribution in [0.25, 0.3) is 0 Å². The minimum absolute atomic E-state index is 0.479. The average molecular weight is 335 g/mol. The van der Waals surface area contributed by atoms with Gasteiger partial charge in [0.05, 0.1) is 13.2 Å². The van der Waals surface area contributed by atoms with Gasteiger partial charge in [-0.3, -0.25) is 0 Å². The summed E-state index contributed by atoms with van der Waals surface area (Å²) in [5.41, 5.74) is 0.935. The number of nitrogens with zero attached hydrogens (tertiary/aromatic N) is 3. The average Bonchev–Trinajstić information content (AvgIpc) is 2.56. The molecule has 126 valence electrons. The van der Waals surface area contributed by atoms with E-state index in [4.69, 9.17) is 17.0 Å². The lowest BCUT2D eigenvalue weighted by Crippen LogP contribution is -2.39. The third-order valence-corrected chi connectivity index (χ3v) is 4.56. The first-order chi connectivity index (χ1) is 11.2. The zero-order valence-electron chi connectivity index (χ0n) is 13.7. The van der Waals surface area contributed by atoms with E-state index in [1.165, 1.54) is 32.1 Å². The van der Waals surface area contributed by atoms with Crippen molar-refractivity contribution in [1.29, 1.82) is 0 Å². The van der Waals surface area contributed by atoms with Crippen molar-refractivity contribution < 1.29 is 4.74 Å². The maximum absolute atomic E-state index is 5.42. The monoisotopic (exact) mass is 335 g/mol. The second kappa shape index (κ2) is 7.88. The Hall–Kier alpha value is -1.47. The van der Waals surface area contributed by atoms with Gasteiger partial charge in [-0.25, -0.2) is 4.98 Å². The number of rotatable bonds is 3. The van der Waals surface area contributed by atoms with Crippen molar-refractivity contribution in [3.05, 3.63) is 11.8 Å². The fraction of sp³-hybridized carbons (Fsp3) is 0.688. The Morgan fingerprint density at radius 1 is 1.22 bits per heavy atom. The summed E-state index contributed by atoms with van der Waals surface area (Å²) >= 11 is 5.42. The molecule has 7 heteroatoms. The Bertz CT molecular complexity index is 541. The molecule has 2 N–H and O–H groups in total. The van der Waals surface area contributed by atoms with Crippen molar-refractivity contribution in [3.63, 3.8) is 0 Å². The molecule has 0 bridgehead atoms. The number of aromatic nitrogens is 2. The molecular formula is C16H25N5OS. The molecule has 1 saturated heterocycles. The summed E-state index contributed by atoms with van der Waals surface area (Å²) < 4.78 is 5.40. The van der Waals surface area contributed by atoms with Crippen LogP contribution < -0.4 is 15.5 Å². The van der Waals surface area contributed by atoms with E-state index < -0.39 is 0 Å². The molecule has 0 radical (unpaired) electrons. The Balaban J connectivity index is 1.62. The molecule has 1 aliphatic carbocycles. The van der Waals surface area contributed by atoms with Crippen LogP contribution in [0.5, 0.6) is 0 Å². The smallest absolute Gasteiger partial charge is 0.231 e. The SMILES string of the molecule is Cc1cc(N2CCOCC2)nc(NC(=S)NC2CCCCC2)n1. The minimum atomic E-state index is 0.479. The molecule has 0 aromatic carbocycles. The molecule has 0 spiro atoms. The topological polar surface area (TPSA) is 62.3 Å². The van der Waals surface area contributed by atoms with Gasteiger partial charge in [-0.05, 0) is 32.0 Å². The van der Waals surface area contributed by atoms with E-state index >= 15 is 0 Å². The van der Waals surface area contributed by atoms with Crippen molar-refractivity contribution in [2.75, 3.05) is 36.5 Å². The van der Waals surface area contributed by atoms with Crippen LogP contribution in [0.15, 0.2) is 6.07 Å². The van der Waals surface area contributed by atoms with Crippen molar-refractivity contribution >= 4 is 29.1 Å². The van der Waals surface area contributed by atoms with E-state index in [1.807, 2.05) is 13.0 Å². The highest BCUT2D eigenvalue weighted by atomic mass is 32.1. The van der Waals surface area contributed by atoms with Gasteiger partial charge >= 0.3 is 0 Å². The Morgan fingerprint density at radius 3 is 2.70 bits per heavy atom. The Labute approximate surface area is 143 Å². The number of morpholine rings is 1. The molecule has 1 saturated carbocycles. The highest BCUT2D eigenvalue weighted by Crippen LogP contribution is 2.18. The maximum atomic E-state index is 5.42. The summed E-state index contributed by atoms with van der Waals surface area (Å²) in [5, 5.41) is 7.16. The molecule has 2 heterocycles. The van der Waals surface area contributed by atoms with Gasteiger partial charge in [-0.2, -0.15) is 4.98 Å². The molecule has 2 aliphatic rings. The van der Waals surface area contributed by atoms with Gasteiger partial charge in [0, 0.05) is 30.9 Å². The third-order valence-electron chi connectivity index (χ3n) is 4.34. The van der Waals surface area contributed by atoms with Crippen LogP contribution in [-0.2, 0) is 4.74 Å². The number of aryl methyl sites for hydroxylation is 1. The standard InChI is InChI=1S/C16H25N5OS/c1-12-11-14(21-7-9-22-10-8-21)19-15(17-12)20-16(23)18-13-5-3-2-4-6-13/h11,13H,2-10H2,1H3,(H2,17,18,19,20,23). The molecule has 1 aliphatic heterocycles.